The molecular weight excluding hydrogens is 403 g/mol. The molecule has 0 fully saturated rings. The summed E-state index contributed by atoms with van der Waals surface area (Å²) >= 11 is 0. The molecule has 3 aromatic rings. The SMILES string of the molecule is Cc1cc(C)cc(NC(=O)/C(C#N)=C/c2cc(C)c(OCc3ccc(F)cc3)c(C)c2)c1. The van der Waals surface area contributed by atoms with Crippen molar-refractivity contribution in [2.75, 3.05) is 5.32 Å². The van der Waals surface area contributed by atoms with Gasteiger partial charge in [0.05, 0.1) is 0 Å². The Kier molecular flexibility index (Phi) is 7.07. The van der Waals surface area contributed by atoms with Gasteiger partial charge in [-0.25, -0.2) is 4.39 Å². The predicted molar refractivity (Wildman–Crippen MR) is 125 cm³/mol. The average molecular weight is 429 g/mol. The van der Waals surface area contributed by atoms with E-state index in [2.05, 4.69) is 5.32 Å². The molecule has 0 aliphatic carbocycles. The molecule has 0 saturated heterocycles. The molecule has 0 aliphatic heterocycles. The standard InChI is InChI=1S/C27H25FN2O2/c1-17-9-18(2)11-25(10-17)30-27(31)23(15-29)14-22-12-19(3)26(20(4)13-22)32-16-21-5-7-24(28)8-6-21/h5-14H,16H2,1-4H3,(H,30,31)/b23-14+. The minimum absolute atomic E-state index is 0.0166. The maximum absolute atomic E-state index is 13.1. The first-order chi connectivity index (χ1) is 15.2. The molecule has 0 bridgehead atoms. The number of carbonyl (C=O) groups is 1. The molecule has 0 heterocycles. The number of aryl methyl sites for hydroxylation is 4. The fraction of sp³-hybridized carbons (Fsp3) is 0.185. The monoisotopic (exact) mass is 428 g/mol. The summed E-state index contributed by atoms with van der Waals surface area (Å²) in [6, 6.07) is 17.6. The van der Waals surface area contributed by atoms with Crippen LogP contribution in [0.25, 0.3) is 6.08 Å². The summed E-state index contributed by atoms with van der Waals surface area (Å²) in [6.07, 6.45) is 1.57. The van der Waals surface area contributed by atoms with Gasteiger partial charge in [-0.3, -0.25) is 4.79 Å². The van der Waals surface area contributed by atoms with Crippen molar-refractivity contribution in [1.29, 1.82) is 5.26 Å². The van der Waals surface area contributed by atoms with Gasteiger partial charge in [0.15, 0.2) is 0 Å². The van der Waals surface area contributed by atoms with Crippen molar-refractivity contribution >= 4 is 17.7 Å². The van der Waals surface area contributed by atoms with Gasteiger partial charge in [-0.05, 0) is 104 Å². The fourth-order valence-corrected chi connectivity index (χ4v) is 3.59. The van der Waals surface area contributed by atoms with Crippen LogP contribution >= 0.6 is 0 Å². The molecule has 1 N–H and O–H groups in total. The maximum Gasteiger partial charge on any atom is 0.266 e. The van der Waals surface area contributed by atoms with E-state index < -0.39 is 5.91 Å². The second-order valence-electron chi connectivity index (χ2n) is 7.90. The van der Waals surface area contributed by atoms with Crippen molar-refractivity contribution in [2.24, 2.45) is 0 Å². The molecule has 0 atom stereocenters. The molecule has 1 amide bonds. The quantitative estimate of drug-likeness (QED) is 0.376. The number of carbonyl (C=O) groups excluding carboxylic acids is 1. The van der Waals surface area contributed by atoms with E-state index in [4.69, 9.17) is 4.74 Å². The van der Waals surface area contributed by atoms with E-state index in [9.17, 15) is 14.4 Å². The minimum atomic E-state index is -0.454. The number of hydrogen-bond acceptors (Lipinski definition) is 3. The number of rotatable bonds is 6. The zero-order valence-electron chi connectivity index (χ0n) is 18.6. The lowest BCUT2D eigenvalue weighted by Gasteiger charge is -2.13. The third-order valence-corrected chi connectivity index (χ3v) is 4.93. The Morgan fingerprint density at radius 2 is 1.59 bits per heavy atom. The van der Waals surface area contributed by atoms with E-state index in [0.29, 0.717) is 12.3 Å². The first-order valence-corrected chi connectivity index (χ1v) is 10.2. The lowest BCUT2D eigenvalue weighted by Crippen LogP contribution is -2.13. The number of anilines is 1. The second-order valence-corrected chi connectivity index (χ2v) is 7.90. The van der Waals surface area contributed by atoms with Crippen molar-refractivity contribution < 1.29 is 13.9 Å². The molecule has 162 valence electrons. The van der Waals surface area contributed by atoms with Crippen molar-refractivity contribution in [2.45, 2.75) is 34.3 Å². The number of halogens is 1. The van der Waals surface area contributed by atoms with Crippen molar-refractivity contribution in [3.05, 3.63) is 99.4 Å². The molecule has 0 aliphatic rings. The topological polar surface area (TPSA) is 62.1 Å². The van der Waals surface area contributed by atoms with Gasteiger partial charge in [0.2, 0.25) is 0 Å². The number of ether oxygens (including phenoxy) is 1. The smallest absolute Gasteiger partial charge is 0.266 e. The van der Waals surface area contributed by atoms with Gasteiger partial charge in [0, 0.05) is 5.69 Å². The zero-order chi connectivity index (χ0) is 23.3. The van der Waals surface area contributed by atoms with Crippen LogP contribution in [-0.2, 0) is 11.4 Å². The summed E-state index contributed by atoms with van der Waals surface area (Å²) in [6.45, 7) is 8.04. The van der Waals surface area contributed by atoms with E-state index >= 15 is 0 Å². The van der Waals surface area contributed by atoms with Crippen molar-refractivity contribution in [3.63, 3.8) is 0 Å². The van der Waals surface area contributed by atoms with E-state index in [-0.39, 0.29) is 11.4 Å². The number of nitrogens with one attached hydrogen (secondary N) is 1. The summed E-state index contributed by atoms with van der Waals surface area (Å²) in [5.74, 6) is -0.0127. The first kappa shape index (κ1) is 22.8. The third-order valence-electron chi connectivity index (χ3n) is 4.93. The van der Waals surface area contributed by atoms with Gasteiger partial charge in [-0.1, -0.05) is 18.2 Å². The number of benzene rings is 3. The fourth-order valence-electron chi connectivity index (χ4n) is 3.59. The highest BCUT2D eigenvalue weighted by Gasteiger charge is 2.12. The summed E-state index contributed by atoms with van der Waals surface area (Å²) in [7, 11) is 0. The van der Waals surface area contributed by atoms with Crippen LogP contribution in [0.3, 0.4) is 0 Å². The summed E-state index contributed by atoms with van der Waals surface area (Å²) in [5, 5.41) is 12.3. The highest BCUT2D eigenvalue weighted by atomic mass is 19.1. The second kappa shape index (κ2) is 9.93. The van der Waals surface area contributed by atoms with Crippen molar-refractivity contribution in [1.82, 2.24) is 0 Å². The molecule has 0 aromatic heterocycles. The van der Waals surface area contributed by atoms with Crippen LogP contribution in [-0.4, -0.2) is 5.91 Å². The zero-order valence-corrected chi connectivity index (χ0v) is 18.6. The maximum atomic E-state index is 13.1. The molecule has 5 heteroatoms. The Hall–Kier alpha value is -3.91. The molecule has 0 unspecified atom stereocenters. The molecule has 3 aromatic carbocycles. The predicted octanol–water partition coefficient (Wildman–Crippen LogP) is 6.18. The Morgan fingerprint density at radius 1 is 1.00 bits per heavy atom. The third kappa shape index (κ3) is 5.83. The molecule has 3 rings (SSSR count). The summed E-state index contributed by atoms with van der Waals surface area (Å²) in [5.41, 5.74) is 6.10. The van der Waals surface area contributed by atoms with Crippen LogP contribution in [0.5, 0.6) is 5.75 Å². The summed E-state index contributed by atoms with van der Waals surface area (Å²) < 4.78 is 19.0. The van der Waals surface area contributed by atoms with Gasteiger partial charge < -0.3 is 10.1 Å². The normalized spacial score (nSPS) is 11.1. The Balaban J connectivity index is 1.77. The van der Waals surface area contributed by atoms with Crippen LogP contribution in [0.4, 0.5) is 10.1 Å². The highest BCUT2D eigenvalue weighted by molar-refractivity contribution is 6.09. The van der Waals surface area contributed by atoms with Crippen LogP contribution in [0.2, 0.25) is 0 Å². The van der Waals surface area contributed by atoms with E-state index in [0.717, 1.165) is 39.1 Å². The average Bonchev–Trinajstić information content (AvgIpc) is 2.72. The molecule has 0 spiro atoms. The van der Waals surface area contributed by atoms with Gasteiger partial charge in [0.25, 0.3) is 5.91 Å². The Bertz CT molecular complexity index is 1180. The van der Waals surface area contributed by atoms with Gasteiger partial charge >= 0.3 is 0 Å². The molecule has 32 heavy (non-hydrogen) atoms. The number of hydrogen-bond donors (Lipinski definition) is 1. The van der Waals surface area contributed by atoms with Gasteiger partial charge in [0.1, 0.15) is 29.8 Å². The molecule has 0 saturated carbocycles. The van der Waals surface area contributed by atoms with Crippen LogP contribution in [0.1, 0.15) is 33.4 Å². The molecular formula is C27H25FN2O2. The van der Waals surface area contributed by atoms with Crippen LogP contribution in [0.15, 0.2) is 60.2 Å². The number of nitrogens with zero attached hydrogens (tertiary/aromatic N) is 1. The number of amides is 1. The van der Waals surface area contributed by atoms with E-state index in [1.807, 2.05) is 64.1 Å². The van der Waals surface area contributed by atoms with Crippen molar-refractivity contribution in [3.8, 4) is 11.8 Å². The van der Waals surface area contributed by atoms with Crippen LogP contribution < -0.4 is 10.1 Å². The summed E-state index contributed by atoms with van der Waals surface area (Å²) in [4.78, 5) is 12.6. The minimum Gasteiger partial charge on any atom is -0.488 e. The van der Waals surface area contributed by atoms with Crippen LogP contribution in [0, 0.1) is 44.8 Å². The van der Waals surface area contributed by atoms with Gasteiger partial charge in [-0.2, -0.15) is 5.26 Å². The van der Waals surface area contributed by atoms with Gasteiger partial charge in [-0.15, -0.1) is 0 Å². The lowest BCUT2D eigenvalue weighted by atomic mass is 10.0. The highest BCUT2D eigenvalue weighted by Crippen LogP contribution is 2.27. The largest absolute Gasteiger partial charge is 0.488 e. The molecule has 4 nitrogen and oxygen atoms in total. The Morgan fingerprint density at radius 3 is 2.16 bits per heavy atom. The van der Waals surface area contributed by atoms with E-state index in [1.54, 1.807) is 18.2 Å². The first-order valence-electron chi connectivity index (χ1n) is 10.2. The Labute approximate surface area is 188 Å². The lowest BCUT2D eigenvalue weighted by molar-refractivity contribution is -0.112. The molecule has 0 radical (unpaired) electrons. The van der Waals surface area contributed by atoms with E-state index in [1.165, 1.54) is 12.1 Å². The number of nitriles is 1.